The van der Waals surface area contributed by atoms with Gasteiger partial charge in [-0.2, -0.15) is 0 Å². The van der Waals surface area contributed by atoms with E-state index in [4.69, 9.17) is 4.74 Å². The summed E-state index contributed by atoms with van der Waals surface area (Å²) in [7, 11) is 1.37. The molecule has 0 aliphatic heterocycles. The number of hydrogen-bond donors (Lipinski definition) is 0. The molecule has 0 saturated heterocycles. The van der Waals surface area contributed by atoms with Gasteiger partial charge in [-0.1, -0.05) is 0 Å². The molecule has 17 heavy (non-hydrogen) atoms. The Morgan fingerprint density at radius 1 is 1.24 bits per heavy atom. The molecular formula is C13H23NO3. The second-order valence-electron chi connectivity index (χ2n) is 5.60. The van der Waals surface area contributed by atoms with Crippen molar-refractivity contribution in [3.8, 4) is 0 Å². The molecule has 0 unspecified atom stereocenters. The second-order valence-corrected chi connectivity index (χ2v) is 5.60. The van der Waals surface area contributed by atoms with Crippen LogP contribution < -0.4 is 0 Å². The van der Waals surface area contributed by atoms with Gasteiger partial charge in [0.05, 0.1) is 18.4 Å². The summed E-state index contributed by atoms with van der Waals surface area (Å²) in [4.78, 5) is 25.8. The van der Waals surface area contributed by atoms with E-state index < -0.39 is 5.41 Å². The molecule has 1 amide bonds. The van der Waals surface area contributed by atoms with Crippen LogP contribution in [0.25, 0.3) is 0 Å². The van der Waals surface area contributed by atoms with Gasteiger partial charge >= 0.3 is 5.97 Å². The Kier molecular flexibility index (Phi) is 3.84. The number of carbonyl (C=O) groups excluding carboxylic acids is 2. The summed E-state index contributed by atoms with van der Waals surface area (Å²) in [5, 5.41) is 0. The molecule has 4 heteroatoms. The standard InChI is InChI=1S/C13H23NO3/c1-8(2)14(9(3)4)12(16)13(5)7-10(13)11(15)17-6/h8-10H,7H2,1-6H3/t10-,13-/m1/s1. The maximum absolute atomic E-state index is 12.5. The predicted octanol–water partition coefficient (Wildman–Crippen LogP) is 1.83. The SMILES string of the molecule is COC(=O)[C@H]1C[C@@]1(C)C(=O)N(C(C)C)C(C)C. The molecule has 1 fully saturated rings. The zero-order chi connectivity index (χ0) is 13.4. The molecule has 0 spiro atoms. The molecule has 0 heterocycles. The van der Waals surface area contributed by atoms with E-state index in [1.54, 1.807) is 0 Å². The first-order chi connectivity index (χ1) is 7.75. The summed E-state index contributed by atoms with van der Waals surface area (Å²) in [6.45, 7) is 9.84. The number of amides is 1. The van der Waals surface area contributed by atoms with Crippen molar-refractivity contribution in [2.24, 2.45) is 11.3 Å². The van der Waals surface area contributed by atoms with Crippen LogP contribution >= 0.6 is 0 Å². The summed E-state index contributed by atoms with van der Waals surface area (Å²) >= 11 is 0. The van der Waals surface area contributed by atoms with Gasteiger partial charge in [0.1, 0.15) is 0 Å². The van der Waals surface area contributed by atoms with Crippen molar-refractivity contribution in [1.29, 1.82) is 0 Å². The number of methoxy groups -OCH3 is 1. The fourth-order valence-electron chi connectivity index (χ4n) is 2.45. The van der Waals surface area contributed by atoms with Gasteiger partial charge < -0.3 is 9.64 Å². The summed E-state index contributed by atoms with van der Waals surface area (Å²) in [5.74, 6) is -0.466. The zero-order valence-electron chi connectivity index (χ0n) is 11.6. The molecule has 0 aromatic rings. The van der Waals surface area contributed by atoms with E-state index in [2.05, 4.69) is 0 Å². The predicted molar refractivity (Wildman–Crippen MR) is 65.3 cm³/mol. The van der Waals surface area contributed by atoms with Crippen LogP contribution in [0.1, 0.15) is 41.0 Å². The zero-order valence-corrected chi connectivity index (χ0v) is 11.6. The molecule has 98 valence electrons. The molecule has 0 aromatic carbocycles. The quantitative estimate of drug-likeness (QED) is 0.705. The van der Waals surface area contributed by atoms with E-state index in [0.29, 0.717) is 6.42 Å². The first kappa shape index (κ1) is 14.0. The van der Waals surface area contributed by atoms with Crippen molar-refractivity contribution < 1.29 is 14.3 Å². The average Bonchev–Trinajstić information content (AvgIpc) is 2.90. The number of esters is 1. The van der Waals surface area contributed by atoms with Gasteiger partial charge in [-0.3, -0.25) is 9.59 Å². The molecular weight excluding hydrogens is 218 g/mol. The number of rotatable bonds is 4. The topological polar surface area (TPSA) is 46.6 Å². The van der Waals surface area contributed by atoms with Crippen LogP contribution in [0.5, 0.6) is 0 Å². The van der Waals surface area contributed by atoms with Crippen molar-refractivity contribution in [2.75, 3.05) is 7.11 Å². The van der Waals surface area contributed by atoms with Crippen molar-refractivity contribution in [3.63, 3.8) is 0 Å². The lowest BCUT2D eigenvalue weighted by molar-refractivity contribution is -0.148. The third-order valence-electron chi connectivity index (χ3n) is 3.56. The van der Waals surface area contributed by atoms with E-state index in [-0.39, 0.29) is 29.9 Å². The minimum absolute atomic E-state index is 0.0675. The Balaban J connectivity index is 2.81. The van der Waals surface area contributed by atoms with E-state index >= 15 is 0 Å². The average molecular weight is 241 g/mol. The highest BCUT2D eigenvalue weighted by atomic mass is 16.5. The third kappa shape index (κ3) is 2.45. The molecule has 0 aromatic heterocycles. The Bertz CT molecular complexity index is 317. The highest BCUT2D eigenvalue weighted by molar-refractivity contribution is 5.93. The van der Waals surface area contributed by atoms with Crippen molar-refractivity contribution in [2.45, 2.75) is 53.1 Å². The first-order valence-electron chi connectivity index (χ1n) is 6.16. The molecule has 2 atom stereocenters. The summed E-state index contributed by atoms with van der Waals surface area (Å²) in [5.41, 5.74) is -0.554. The van der Waals surface area contributed by atoms with Crippen molar-refractivity contribution in [3.05, 3.63) is 0 Å². The highest BCUT2D eigenvalue weighted by Crippen LogP contribution is 2.54. The van der Waals surface area contributed by atoms with Crippen LogP contribution in [0, 0.1) is 11.3 Å². The Morgan fingerprint density at radius 3 is 2.06 bits per heavy atom. The van der Waals surface area contributed by atoms with Crippen LogP contribution in [0.3, 0.4) is 0 Å². The summed E-state index contributed by atoms with van der Waals surface area (Å²) in [6.07, 6.45) is 0.606. The first-order valence-corrected chi connectivity index (χ1v) is 6.16. The highest BCUT2D eigenvalue weighted by Gasteiger charge is 2.62. The summed E-state index contributed by atoms with van der Waals surface area (Å²) in [6, 6.07) is 0.302. The van der Waals surface area contributed by atoms with Crippen LogP contribution in [0.2, 0.25) is 0 Å². The molecule has 0 bridgehead atoms. The van der Waals surface area contributed by atoms with Crippen LogP contribution in [0.15, 0.2) is 0 Å². The van der Waals surface area contributed by atoms with Gasteiger partial charge in [0.2, 0.25) is 5.91 Å². The van der Waals surface area contributed by atoms with Crippen molar-refractivity contribution in [1.82, 2.24) is 4.90 Å². The molecule has 4 nitrogen and oxygen atoms in total. The number of ether oxygens (including phenoxy) is 1. The maximum Gasteiger partial charge on any atom is 0.309 e. The molecule has 1 saturated carbocycles. The van der Waals surface area contributed by atoms with E-state index in [1.165, 1.54) is 7.11 Å². The second kappa shape index (κ2) is 4.67. The number of carbonyl (C=O) groups is 2. The van der Waals surface area contributed by atoms with Crippen LogP contribution in [-0.2, 0) is 14.3 Å². The smallest absolute Gasteiger partial charge is 0.309 e. The van der Waals surface area contributed by atoms with Gasteiger partial charge in [-0.25, -0.2) is 0 Å². The fraction of sp³-hybridized carbons (Fsp3) is 0.846. The monoisotopic (exact) mass is 241 g/mol. The Morgan fingerprint density at radius 2 is 1.71 bits per heavy atom. The van der Waals surface area contributed by atoms with Gasteiger partial charge in [0.25, 0.3) is 0 Å². The van der Waals surface area contributed by atoms with Gasteiger partial charge in [0, 0.05) is 12.1 Å². The maximum atomic E-state index is 12.5. The van der Waals surface area contributed by atoms with Gasteiger partial charge in [-0.15, -0.1) is 0 Å². The lowest BCUT2D eigenvalue weighted by Gasteiger charge is -2.33. The van der Waals surface area contributed by atoms with Crippen LogP contribution in [-0.4, -0.2) is 36.0 Å². The van der Waals surface area contributed by atoms with E-state index in [0.717, 1.165) is 0 Å². The Labute approximate surface area is 103 Å². The van der Waals surface area contributed by atoms with Gasteiger partial charge in [-0.05, 0) is 41.0 Å². The molecule has 1 aliphatic carbocycles. The minimum Gasteiger partial charge on any atom is -0.469 e. The van der Waals surface area contributed by atoms with E-state index in [9.17, 15) is 9.59 Å². The number of hydrogen-bond acceptors (Lipinski definition) is 3. The third-order valence-corrected chi connectivity index (χ3v) is 3.56. The molecule has 0 N–H and O–H groups in total. The van der Waals surface area contributed by atoms with Crippen molar-refractivity contribution >= 4 is 11.9 Å². The largest absolute Gasteiger partial charge is 0.469 e. The fourth-order valence-corrected chi connectivity index (χ4v) is 2.45. The lowest BCUT2D eigenvalue weighted by Crippen LogP contribution is -2.46. The Hall–Kier alpha value is -1.06. The molecule has 1 rings (SSSR count). The normalized spacial score (nSPS) is 27.2. The lowest BCUT2D eigenvalue weighted by atomic mass is 10.0. The van der Waals surface area contributed by atoms with Crippen LogP contribution in [0.4, 0.5) is 0 Å². The molecule has 1 aliphatic rings. The van der Waals surface area contributed by atoms with E-state index in [1.807, 2.05) is 39.5 Å². The van der Waals surface area contributed by atoms with Gasteiger partial charge in [0.15, 0.2) is 0 Å². The molecule has 0 radical (unpaired) electrons. The minimum atomic E-state index is -0.554. The summed E-state index contributed by atoms with van der Waals surface area (Å²) < 4.78 is 4.71. The number of nitrogens with zero attached hydrogens (tertiary/aromatic N) is 1.